The molecule has 0 aromatic heterocycles. The van der Waals surface area contributed by atoms with Crippen molar-refractivity contribution in [3.05, 3.63) is 59.7 Å². The van der Waals surface area contributed by atoms with Crippen LogP contribution in [0.3, 0.4) is 0 Å². The highest BCUT2D eigenvalue weighted by Crippen LogP contribution is 2.40. The molecular weight excluding hydrogens is 334 g/mol. The molecule has 0 bridgehead atoms. The topological polar surface area (TPSA) is 12.5 Å². The van der Waals surface area contributed by atoms with E-state index in [0.29, 0.717) is 0 Å². The fourth-order valence-electron chi connectivity index (χ4n) is 4.14. The largest absolute Gasteiger partial charge is 0.357 e. The predicted molar refractivity (Wildman–Crippen MR) is 105 cm³/mol. The van der Waals surface area contributed by atoms with Gasteiger partial charge in [0, 0.05) is 11.7 Å². The van der Waals surface area contributed by atoms with Crippen molar-refractivity contribution >= 4 is 30.9 Å². The molecular formula is C20H26ClNOSi. The van der Waals surface area contributed by atoms with Crippen LogP contribution < -0.4 is 10.4 Å². The van der Waals surface area contributed by atoms with E-state index in [-0.39, 0.29) is 24.2 Å². The third-order valence-electron chi connectivity index (χ3n) is 5.65. The van der Waals surface area contributed by atoms with E-state index in [1.807, 2.05) is 0 Å². The van der Waals surface area contributed by atoms with Gasteiger partial charge in [-0.2, -0.15) is 0 Å². The van der Waals surface area contributed by atoms with Crippen molar-refractivity contribution in [2.24, 2.45) is 0 Å². The van der Waals surface area contributed by atoms with Crippen molar-refractivity contribution in [3.63, 3.8) is 0 Å². The number of nitrogens with zero attached hydrogens (tertiary/aromatic N) is 1. The molecule has 2 heterocycles. The Balaban J connectivity index is 0.00000169. The third kappa shape index (κ3) is 2.55. The van der Waals surface area contributed by atoms with Crippen molar-refractivity contribution < 1.29 is 4.74 Å². The van der Waals surface area contributed by atoms with Crippen LogP contribution in [0.4, 0.5) is 0 Å². The molecule has 0 spiro atoms. The van der Waals surface area contributed by atoms with E-state index in [1.165, 1.54) is 16.3 Å². The van der Waals surface area contributed by atoms with Gasteiger partial charge in [-0.1, -0.05) is 65.8 Å². The maximum absolute atomic E-state index is 6.20. The van der Waals surface area contributed by atoms with Gasteiger partial charge in [0.1, 0.15) is 14.3 Å². The smallest absolute Gasteiger partial charge is 0.137 e. The minimum Gasteiger partial charge on any atom is -0.357 e. The van der Waals surface area contributed by atoms with E-state index >= 15 is 0 Å². The molecule has 0 amide bonds. The van der Waals surface area contributed by atoms with Crippen LogP contribution in [0.5, 0.6) is 0 Å². The van der Waals surface area contributed by atoms with E-state index in [2.05, 4.69) is 80.7 Å². The zero-order chi connectivity index (χ0) is 16.2. The standard InChI is InChI=1S/C20H25NOSi.ClH/c1-15-9-11-16(12-10-15)23(4)14-21-19(22-13-20(21,2)3)17-7-5-6-8-18(17)23;/h5-12,19H,13-14H2,1-4H3;1H. The minimum absolute atomic E-state index is 0. The molecule has 2 unspecified atom stereocenters. The van der Waals surface area contributed by atoms with Crippen LogP contribution in [0.25, 0.3) is 0 Å². The van der Waals surface area contributed by atoms with Crippen molar-refractivity contribution in [1.29, 1.82) is 0 Å². The molecule has 1 saturated heterocycles. The average molecular weight is 360 g/mol. The van der Waals surface area contributed by atoms with Gasteiger partial charge in [-0.3, -0.25) is 4.90 Å². The van der Waals surface area contributed by atoms with E-state index in [9.17, 15) is 0 Å². The van der Waals surface area contributed by atoms with Gasteiger partial charge < -0.3 is 4.74 Å². The lowest BCUT2D eigenvalue weighted by Crippen LogP contribution is -2.69. The number of rotatable bonds is 1. The Hall–Kier alpha value is -1.13. The van der Waals surface area contributed by atoms with Crippen LogP contribution in [0.1, 0.15) is 31.2 Å². The average Bonchev–Trinajstić information content (AvgIpc) is 2.83. The molecule has 1 fully saturated rings. The lowest BCUT2D eigenvalue weighted by molar-refractivity contribution is 0.0321. The number of fused-ring (bicyclic) bond motifs is 3. The quantitative estimate of drug-likeness (QED) is 0.724. The third-order valence-corrected chi connectivity index (χ3v) is 9.88. The van der Waals surface area contributed by atoms with Crippen molar-refractivity contribution in [2.45, 2.75) is 39.1 Å². The molecule has 4 rings (SSSR count). The maximum Gasteiger partial charge on any atom is 0.137 e. The molecule has 2 aliphatic rings. The van der Waals surface area contributed by atoms with Gasteiger partial charge in [0.15, 0.2) is 0 Å². The molecule has 128 valence electrons. The van der Waals surface area contributed by atoms with Crippen LogP contribution in [0, 0.1) is 6.92 Å². The van der Waals surface area contributed by atoms with Gasteiger partial charge in [0.05, 0.1) is 6.61 Å². The summed E-state index contributed by atoms with van der Waals surface area (Å²) in [7, 11) is -1.79. The summed E-state index contributed by atoms with van der Waals surface area (Å²) >= 11 is 0. The Bertz CT molecular complexity index is 746. The lowest BCUT2D eigenvalue weighted by Gasteiger charge is -2.46. The van der Waals surface area contributed by atoms with E-state index in [1.54, 1.807) is 5.19 Å². The first kappa shape index (κ1) is 17.7. The van der Waals surface area contributed by atoms with Crippen molar-refractivity contribution in [2.75, 3.05) is 12.8 Å². The molecule has 0 radical (unpaired) electrons. The number of halogens is 1. The lowest BCUT2D eigenvalue weighted by atomic mass is 10.1. The first-order valence-corrected chi connectivity index (χ1v) is 11.2. The fourth-order valence-corrected chi connectivity index (χ4v) is 8.29. The Morgan fingerprint density at radius 3 is 2.46 bits per heavy atom. The van der Waals surface area contributed by atoms with Crippen LogP contribution in [0.15, 0.2) is 48.5 Å². The number of benzene rings is 2. The molecule has 2 atom stereocenters. The highest BCUT2D eigenvalue weighted by atomic mass is 35.5. The number of ether oxygens (including phenoxy) is 1. The SMILES string of the molecule is Cc1ccc([Si]2(C)CN3C(OCC3(C)C)c3ccccc32)cc1.Cl. The second kappa shape index (κ2) is 5.99. The van der Waals surface area contributed by atoms with Crippen molar-refractivity contribution in [3.8, 4) is 0 Å². The van der Waals surface area contributed by atoms with Gasteiger partial charge in [0.2, 0.25) is 0 Å². The van der Waals surface area contributed by atoms with Gasteiger partial charge in [-0.05, 0) is 31.5 Å². The summed E-state index contributed by atoms with van der Waals surface area (Å²) in [6.45, 7) is 10.1. The summed E-state index contributed by atoms with van der Waals surface area (Å²) in [6, 6.07) is 18.2. The van der Waals surface area contributed by atoms with Crippen LogP contribution in [0.2, 0.25) is 6.55 Å². The summed E-state index contributed by atoms with van der Waals surface area (Å²) in [5.41, 5.74) is 2.83. The monoisotopic (exact) mass is 359 g/mol. The van der Waals surface area contributed by atoms with E-state index in [4.69, 9.17) is 4.74 Å². The fraction of sp³-hybridized carbons (Fsp3) is 0.400. The Labute approximate surface area is 152 Å². The summed E-state index contributed by atoms with van der Waals surface area (Å²) in [5.74, 6) is 0. The van der Waals surface area contributed by atoms with Gasteiger partial charge >= 0.3 is 0 Å². The number of hydrogen-bond acceptors (Lipinski definition) is 2. The van der Waals surface area contributed by atoms with Crippen LogP contribution in [-0.4, -0.2) is 31.3 Å². The summed E-state index contributed by atoms with van der Waals surface area (Å²) in [5, 5.41) is 3.07. The van der Waals surface area contributed by atoms with E-state index in [0.717, 1.165) is 12.8 Å². The predicted octanol–water partition coefficient (Wildman–Crippen LogP) is 3.27. The van der Waals surface area contributed by atoms with Crippen molar-refractivity contribution in [1.82, 2.24) is 4.90 Å². The Morgan fingerprint density at radius 2 is 1.75 bits per heavy atom. The maximum atomic E-state index is 6.20. The molecule has 0 aliphatic carbocycles. The summed E-state index contributed by atoms with van der Waals surface area (Å²) in [6.07, 6.45) is 1.26. The molecule has 2 aromatic carbocycles. The van der Waals surface area contributed by atoms with Gasteiger partial charge in [-0.15, -0.1) is 12.4 Å². The molecule has 4 heteroatoms. The Kier molecular flexibility index (Phi) is 4.41. The normalized spacial score (nSPS) is 27.9. The molecule has 2 aliphatic heterocycles. The molecule has 0 N–H and O–H groups in total. The van der Waals surface area contributed by atoms with Gasteiger partial charge in [-0.25, -0.2) is 0 Å². The number of hydrogen-bond donors (Lipinski definition) is 0. The summed E-state index contributed by atoms with van der Waals surface area (Å²) in [4.78, 5) is 2.60. The first-order chi connectivity index (χ1) is 10.9. The van der Waals surface area contributed by atoms with Crippen LogP contribution >= 0.6 is 12.4 Å². The first-order valence-electron chi connectivity index (χ1n) is 8.47. The second-order valence-corrected chi connectivity index (χ2v) is 12.0. The highest BCUT2D eigenvalue weighted by Gasteiger charge is 2.51. The molecule has 0 saturated carbocycles. The second-order valence-electron chi connectivity index (χ2n) is 7.89. The molecule has 24 heavy (non-hydrogen) atoms. The van der Waals surface area contributed by atoms with Gasteiger partial charge in [0.25, 0.3) is 0 Å². The zero-order valence-corrected chi connectivity index (χ0v) is 16.7. The minimum atomic E-state index is -1.79. The zero-order valence-electron chi connectivity index (χ0n) is 14.9. The van der Waals surface area contributed by atoms with Crippen LogP contribution in [-0.2, 0) is 4.74 Å². The van der Waals surface area contributed by atoms with E-state index < -0.39 is 8.07 Å². The molecule has 2 aromatic rings. The number of aryl methyl sites for hydroxylation is 1. The highest BCUT2D eigenvalue weighted by molar-refractivity contribution is 7.02. The Morgan fingerprint density at radius 1 is 1.08 bits per heavy atom. The molecule has 2 nitrogen and oxygen atoms in total. The summed E-state index contributed by atoms with van der Waals surface area (Å²) < 4.78 is 6.20.